The van der Waals surface area contributed by atoms with E-state index < -0.39 is 18.0 Å². The maximum absolute atomic E-state index is 11.8. The fourth-order valence-corrected chi connectivity index (χ4v) is 1.95. The summed E-state index contributed by atoms with van der Waals surface area (Å²) in [5.74, 6) is -1.03. The minimum absolute atomic E-state index is 0.403. The molecule has 0 unspecified atom stereocenters. The maximum atomic E-state index is 11.8. The molecule has 0 saturated heterocycles. The molecule has 1 rings (SSSR count). The molecule has 1 atom stereocenters. The predicted molar refractivity (Wildman–Crippen MR) is 77.4 cm³/mol. The highest BCUT2D eigenvalue weighted by molar-refractivity contribution is 9.10. The number of benzene rings is 1. The number of carbonyl (C=O) groups excluding carboxylic acids is 1. The van der Waals surface area contributed by atoms with E-state index in [1.54, 1.807) is 6.07 Å². The summed E-state index contributed by atoms with van der Waals surface area (Å²) in [5.41, 5.74) is 1.55. The topological polar surface area (TPSA) is 78.4 Å². The molecule has 3 N–H and O–H groups in total. The molecule has 1 aromatic rings. The van der Waals surface area contributed by atoms with Crippen LogP contribution in [0.4, 0.5) is 10.5 Å². The lowest BCUT2D eigenvalue weighted by Gasteiger charge is -2.15. The summed E-state index contributed by atoms with van der Waals surface area (Å²) in [6.45, 7) is 3.73. The van der Waals surface area contributed by atoms with Crippen molar-refractivity contribution in [2.45, 2.75) is 32.7 Å². The Hall–Kier alpha value is -1.56. The number of nitrogens with one attached hydrogen (secondary N) is 2. The molecule has 0 spiro atoms. The van der Waals surface area contributed by atoms with E-state index in [4.69, 9.17) is 5.11 Å². The van der Waals surface area contributed by atoms with Gasteiger partial charge in [0.25, 0.3) is 0 Å². The van der Waals surface area contributed by atoms with Crippen molar-refractivity contribution < 1.29 is 14.7 Å². The quantitative estimate of drug-likeness (QED) is 0.776. The van der Waals surface area contributed by atoms with E-state index in [9.17, 15) is 9.59 Å². The van der Waals surface area contributed by atoms with Crippen LogP contribution in [0.15, 0.2) is 22.7 Å². The fourth-order valence-electron chi connectivity index (χ4n) is 1.59. The van der Waals surface area contributed by atoms with Crippen molar-refractivity contribution in [1.82, 2.24) is 5.32 Å². The van der Waals surface area contributed by atoms with Crippen LogP contribution in [-0.4, -0.2) is 23.1 Å². The molecular weight excluding hydrogens is 312 g/mol. The Bertz CT molecular complexity index is 477. The van der Waals surface area contributed by atoms with Crippen molar-refractivity contribution in [2.24, 2.45) is 0 Å². The molecule has 0 aliphatic rings. The minimum Gasteiger partial charge on any atom is -0.480 e. The second-order valence-corrected chi connectivity index (χ2v) is 5.15. The summed E-state index contributed by atoms with van der Waals surface area (Å²) in [4.78, 5) is 22.7. The Balaban J connectivity index is 2.68. The number of aliphatic carboxylic acids is 1. The summed E-state index contributed by atoms with van der Waals surface area (Å²) >= 11 is 3.32. The van der Waals surface area contributed by atoms with E-state index in [1.807, 2.05) is 26.0 Å². The molecule has 6 heteroatoms. The number of aryl methyl sites for hydroxylation is 1. The number of halogens is 1. The van der Waals surface area contributed by atoms with Crippen LogP contribution < -0.4 is 10.6 Å². The van der Waals surface area contributed by atoms with Crippen molar-refractivity contribution in [3.05, 3.63) is 28.2 Å². The number of carboxylic acids is 1. The Morgan fingerprint density at radius 1 is 1.42 bits per heavy atom. The molecule has 0 heterocycles. The van der Waals surface area contributed by atoms with E-state index in [1.165, 1.54) is 0 Å². The fraction of sp³-hybridized carbons (Fsp3) is 0.385. The number of amides is 2. The molecule has 0 saturated carbocycles. The number of rotatable bonds is 5. The molecule has 5 nitrogen and oxygen atoms in total. The zero-order chi connectivity index (χ0) is 14.4. The third-order valence-corrected chi connectivity index (χ3v) is 3.12. The monoisotopic (exact) mass is 328 g/mol. The Morgan fingerprint density at radius 3 is 2.68 bits per heavy atom. The van der Waals surface area contributed by atoms with Gasteiger partial charge < -0.3 is 15.7 Å². The van der Waals surface area contributed by atoms with Gasteiger partial charge >= 0.3 is 12.0 Å². The molecule has 0 aliphatic heterocycles. The molecule has 0 aliphatic carbocycles. The van der Waals surface area contributed by atoms with Gasteiger partial charge in [-0.3, -0.25) is 0 Å². The van der Waals surface area contributed by atoms with Gasteiger partial charge in [-0.05, 0) is 31.0 Å². The highest BCUT2D eigenvalue weighted by Crippen LogP contribution is 2.20. The van der Waals surface area contributed by atoms with E-state index in [2.05, 4.69) is 26.6 Å². The summed E-state index contributed by atoms with van der Waals surface area (Å²) in [6.07, 6.45) is 1.09. The predicted octanol–water partition coefficient (Wildman–Crippen LogP) is 3.13. The number of hydrogen-bond donors (Lipinski definition) is 3. The SMILES string of the molecule is CCC[C@@H](NC(=O)Nc1cc(Br)ccc1C)C(=O)O. The molecule has 19 heavy (non-hydrogen) atoms. The van der Waals surface area contributed by atoms with E-state index >= 15 is 0 Å². The molecule has 0 fully saturated rings. The lowest BCUT2D eigenvalue weighted by molar-refractivity contribution is -0.139. The van der Waals surface area contributed by atoms with Gasteiger partial charge in [0.05, 0.1) is 0 Å². The summed E-state index contributed by atoms with van der Waals surface area (Å²) in [7, 11) is 0. The summed E-state index contributed by atoms with van der Waals surface area (Å²) < 4.78 is 0.844. The third-order valence-electron chi connectivity index (χ3n) is 2.63. The van der Waals surface area contributed by atoms with Crippen molar-refractivity contribution in [2.75, 3.05) is 5.32 Å². The van der Waals surface area contributed by atoms with Crippen LogP contribution in [0, 0.1) is 6.92 Å². The van der Waals surface area contributed by atoms with Gasteiger partial charge in [0, 0.05) is 10.2 Å². The van der Waals surface area contributed by atoms with Crippen LogP contribution in [0.3, 0.4) is 0 Å². The zero-order valence-electron chi connectivity index (χ0n) is 10.9. The highest BCUT2D eigenvalue weighted by atomic mass is 79.9. The largest absolute Gasteiger partial charge is 0.480 e. The van der Waals surface area contributed by atoms with Gasteiger partial charge in [-0.25, -0.2) is 9.59 Å². The van der Waals surface area contributed by atoms with Crippen molar-refractivity contribution >= 4 is 33.6 Å². The minimum atomic E-state index is -1.03. The van der Waals surface area contributed by atoms with E-state index in [0.29, 0.717) is 18.5 Å². The summed E-state index contributed by atoms with van der Waals surface area (Å²) in [6, 6.07) is 4.13. The van der Waals surface area contributed by atoms with Crippen LogP contribution in [0.1, 0.15) is 25.3 Å². The van der Waals surface area contributed by atoms with Crippen molar-refractivity contribution in [1.29, 1.82) is 0 Å². The highest BCUT2D eigenvalue weighted by Gasteiger charge is 2.18. The van der Waals surface area contributed by atoms with Gasteiger partial charge in [0.15, 0.2) is 0 Å². The summed E-state index contributed by atoms with van der Waals surface area (Å²) in [5, 5.41) is 14.1. The van der Waals surface area contributed by atoms with Gasteiger partial charge in [0.1, 0.15) is 6.04 Å². The first-order chi connectivity index (χ1) is 8.93. The third kappa shape index (κ3) is 4.90. The number of carboxylic acid groups (broad SMARTS) is 1. The number of carbonyl (C=O) groups is 2. The van der Waals surface area contributed by atoms with E-state index in [0.717, 1.165) is 10.0 Å². The first-order valence-corrected chi connectivity index (χ1v) is 6.79. The molecule has 2 amide bonds. The average Bonchev–Trinajstić information content (AvgIpc) is 2.33. The molecule has 0 aromatic heterocycles. The Kier molecular flexibility index (Phi) is 5.82. The van der Waals surface area contributed by atoms with Crippen LogP contribution >= 0.6 is 15.9 Å². The molecule has 0 radical (unpaired) electrons. The van der Waals surface area contributed by atoms with Crippen molar-refractivity contribution in [3.8, 4) is 0 Å². The number of anilines is 1. The van der Waals surface area contributed by atoms with Crippen LogP contribution in [0.25, 0.3) is 0 Å². The number of hydrogen-bond acceptors (Lipinski definition) is 2. The second-order valence-electron chi connectivity index (χ2n) is 4.24. The van der Waals surface area contributed by atoms with E-state index in [-0.39, 0.29) is 0 Å². The number of urea groups is 1. The molecule has 1 aromatic carbocycles. The second kappa shape index (κ2) is 7.13. The van der Waals surface area contributed by atoms with Crippen LogP contribution in [-0.2, 0) is 4.79 Å². The van der Waals surface area contributed by atoms with Crippen molar-refractivity contribution in [3.63, 3.8) is 0 Å². The smallest absolute Gasteiger partial charge is 0.326 e. The zero-order valence-corrected chi connectivity index (χ0v) is 12.5. The lowest BCUT2D eigenvalue weighted by atomic mass is 10.2. The van der Waals surface area contributed by atoms with Gasteiger partial charge in [0.2, 0.25) is 0 Å². The standard InChI is InChI=1S/C13H17BrN2O3/c1-3-4-10(12(17)18)15-13(19)16-11-7-9(14)6-5-8(11)2/h5-7,10H,3-4H2,1-2H3,(H,17,18)(H2,15,16,19)/t10-/m1/s1. The van der Waals surface area contributed by atoms with Gasteiger partial charge in [-0.1, -0.05) is 35.3 Å². The first kappa shape index (κ1) is 15.5. The van der Waals surface area contributed by atoms with Gasteiger partial charge in [-0.2, -0.15) is 0 Å². The Morgan fingerprint density at radius 2 is 2.11 bits per heavy atom. The average molecular weight is 329 g/mol. The first-order valence-electron chi connectivity index (χ1n) is 6.00. The molecule has 104 valence electrons. The lowest BCUT2D eigenvalue weighted by Crippen LogP contribution is -2.42. The normalized spacial score (nSPS) is 11.7. The van der Waals surface area contributed by atoms with Crippen LogP contribution in [0.2, 0.25) is 0 Å². The molecular formula is C13H17BrN2O3. The molecule has 0 bridgehead atoms. The van der Waals surface area contributed by atoms with Gasteiger partial charge in [-0.15, -0.1) is 0 Å². The maximum Gasteiger partial charge on any atom is 0.326 e. The Labute approximate surface area is 120 Å². The van der Waals surface area contributed by atoms with Crippen LogP contribution in [0.5, 0.6) is 0 Å².